The number of hydrogen-bond acceptors (Lipinski definition) is 3. The van der Waals surface area contributed by atoms with Crippen LogP contribution in [-0.2, 0) is 12.0 Å². The summed E-state index contributed by atoms with van der Waals surface area (Å²) in [6.07, 6.45) is 2.38. The zero-order chi connectivity index (χ0) is 13.9. The highest BCUT2D eigenvalue weighted by Gasteiger charge is 2.28. The minimum absolute atomic E-state index is 0.312. The van der Waals surface area contributed by atoms with Crippen LogP contribution < -0.4 is 5.73 Å². The second-order valence-electron chi connectivity index (χ2n) is 4.62. The van der Waals surface area contributed by atoms with Crippen LogP contribution in [0.4, 0.5) is 10.2 Å². The normalized spacial score (nSPS) is 14.1. The van der Waals surface area contributed by atoms with Gasteiger partial charge in [0.05, 0.1) is 5.60 Å². The maximum absolute atomic E-state index is 13.3. The maximum Gasteiger partial charge on any atom is 0.126 e. The molecule has 0 bridgehead atoms. The standard InChI is InChI=1S/C15H17FN2O/c1-2-15(19,12-6-3-7-13(16)9-12)10-11-5-4-8-18-14(11)17/h3-9,19H,2,10H2,1H3,(H2,17,18). The van der Waals surface area contributed by atoms with Crippen molar-refractivity contribution in [3.05, 3.63) is 59.5 Å². The Kier molecular flexibility index (Phi) is 3.81. The summed E-state index contributed by atoms with van der Waals surface area (Å²) in [5.74, 6) is 0.0364. The molecule has 0 saturated heterocycles. The van der Waals surface area contributed by atoms with Crippen molar-refractivity contribution in [1.82, 2.24) is 4.98 Å². The SMILES string of the molecule is CCC(O)(Cc1cccnc1N)c1cccc(F)c1. The van der Waals surface area contributed by atoms with E-state index in [9.17, 15) is 9.50 Å². The van der Waals surface area contributed by atoms with Gasteiger partial charge in [-0.2, -0.15) is 0 Å². The van der Waals surface area contributed by atoms with E-state index in [1.807, 2.05) is 13.0 Å². The van der Waals surface area contributed by atoms with Gasteiger partial charge in [0.1, 0.15) is 11.6 Å². The lowest BCUT2D eigenvalue weighted by Crippen LogP contribution is -2.28. The Hall–Kier alpha value is -1.94. The monoisotopic (exact) mass is 260 g/mol. The fourth-order valence-electron chi connectivity index (χ4n) is 2.12. The van der Waals surface area contributed by atoms with E-state index in [2.05, 4.69) is 4.98 Å². The first kappa shape index (κ1) is 13.5. The van der Waals surface area contributed by atoms with Crippen molar-refractivity contribution >= 4 is 5.82 Å². The maximum atomic E-state index is 13.3. The first-order chi connectivity index (χ1) is 9.05. The highest BCUT2D eigenvalue weighted by atomic mass is 19.1. The van der Waals surface area contributed by atoms with Crippen LogP contribution in [0.5, 0.6) is 0 Å². The molecule has 100 valence electrons. The van der Waals surface area contributed by atoms with Crippen LogP contribution in [0.1, 0.15) is 24.5 Å². The number of anilines is 1. The number of nitrogens with zero attached hydrogens (tertiary/aromatic N) is 1. The van der Waals surface area contributed by atoms with E-state index in [4.69, 9.17) is 5.73 Å². The molecule has 0 fully saturated rings. The van der Waals surface area contributed by atoms with Gasteiger partial charge in [-0.15, -0.1) is 0 Å². The van der Waals surface area contributed by atoms with Crippen LogP contribution in [0, 0.1) is 5.82 Å². The fourth-order valence-corrected chi connectivity index (χ4v) is 2.12. The second-order valence-corrected chi connectivity index (χ2v) is 4.62. The first-order valence-electron chi connectivity index (χ1n) is 6.23. The molecular formula is C15H17FN2O. The summed E-state index contributed by atoms with van der Waals surface area (Å²) in [7, 11) is 0. The third kappa shape index (κ3) is 2.90. The number of nitrogens with two attached hydrogens (primary N) is 1. The van der Waals surface area contributed by atoms with Crippen LogP contribution in [0.3, 0.4) is 0 Å². The number of aromatic nitrogens is 1. The summed E-state index contributed by atoms with van der Waals surface area (Å²) in [5.41, 5.74) is 5.97. The Morgan fingerprint density at radius 2 is 2.11 bits per heavy atom. The van der Waals surface area contributed by atoms with E-state index in [-0.39, 0.29) is 5.82 Å². The minimum atomic E-state index is -1.14. The zero-order valence-electron chi connectivity index (χ0n) is 10.8. The van der Waals surface area contributed by atoms with Gasteiger partial charge in [0.2, 0.25) is 0 Å². The van der Waals surface area contributed by atoms with Crippen molar-refractivity contribution in [3.8, 4) is 0 Å². The Morgan fingerprint density at radius 3 is 2.74 bits per heavy atom. The number of rotatable bonds is 4. The van der Waals surface area contributed by atoms with E-state index in [1.54, 1.807) is 24.4 Å². The predicted octanol–water partition coefficient (Wildman–Crippen LogP) is 2.64. The summed E-state index contributed by atoms with van der Waals surface area (Å²) < 4.78 is 13.3. The Morgan fingerprint density at radius 1 is 1.32 bits per heavy atom. The topological polar surface area (TPSA) is 59.1 Å². The molecule has 1 aromatic carbocycles. The van der Waals surface area contributed by atoms with Crippen molar-refractivity contribution in [3.63, 3.8) is 0 Å². The Bertz CT molecular complexity index is 574. The van der Waals surface area contributed by atoms with E-state index in [0.717, 1.165) is 5.56 Å². The molecule has 0 aliphatic carbocycles. The molecule has 1 aromatic heterocycles. The number of benzene rings is 1. The third-order valence-corrected chi connectivity index (χ3v) is 3.36. The summed E-state index contributed by atoms with van der Waals surface area (Å²) >= 11 is 0. The number of aliphatic hydroxyl groups is 1. The molecule has 0 spiro atoms. The molecule has 1 heterocycles. The molecular weight excluding hydrogens is 243 g/mol. The predicted molar refractivity (Wildman–Crippen MR) is 72.9 cm³/mol. The van der Waals surface area contributed by atoms with Gasteiger partial charge in [-0.05, 0) is 35.7 Å². The summed E-state index contributed by atoms with van der Waals surface area (Å²) in [6, 6.07) is 9.63. The van der Waals surface area contributed by atoms with Gasteiger partial charge in [0.15, 0.2) is 0 Å². The molecule has 1 unspecified atom stereocenters. The summed E-state index contributed by atoms with van der Waals surface area (Å²) in [6.45, 7) is 1.86. The van der Waals surface area contributed by atoms with Gasteiger partial charge in [-0.3, -0.25) is 0 Å². The molecule has 0 aliphatic heterocycles. The van der Waals surface area contributed by atoms with Crippen LogP contribution in [0.15, 0.2) is 42.6 Å². The average Bonchev–Trinajstić information content (AvgIpc) is 2.41. The van der Waals surface area contributed by atoms with E-state index < -0.39 is 5.60 Å². The lowest BCUT2D eigenvalue weighted by atomic mass is 9.85. The van der Waals surface area contributed by atoms with Crippen LogP contribution in [0.2, 0.25) is 0 Å². The Labute approximate surface area is 111 Å². The van der Waals surface area contributed by atoms with Gasteiger partial charge < -0.3 is 10.8 Å². The molecule has 3 N–H and O–H groups in total. The highest BCUT2D eigenvalue weighted by molar-refractivity contribution is 5.40. The lowest BCUT2D eigenvalue weighted by molar-refractivity contribution is 0.0325. The number of hydrogen-bond donors (Lipinski definition) is 2. The number of halogens is 1. The first-order valence-corrected chi connectivity index (χ1v) is 6.23. The van der Waals surface area contributed by atoms with Crippen molar-refractivity contribution in [2.75, 3.05) is 5.73 Å². The molecule has 2 rings (SSSR count). The molecule has 1 atom stereocenters. The van der Waals surface area contributed by atoms with Gasteiger partial charge >= 0.3 is 0 Å². The lowest BCUT2D eigenvalue weighted by Gasteiger charge is -2.28. The van der Waals surface area contributed by atoms with Crippen molar-refractivity contribution in [2.45, 2.75) is 25.4 Å². The molecule has 4 heteroatoms. The zero-order valence-corrected chi connectivity index (χ0v) is 10.8. The van der Waals surface area contributed by atoms with E-state index >= 15 is 0 Å². The Balaban J connectivity index is 2.36. The van der Waals surface area contributed by atoms with E-state index in [0.29, 0.717) is 24.2 Å². The molecule has 0 saturated carbocycles. The van der Waals surface area contributed by atoms with Crippen LogP contribution >= 0.6 is 0 Å². The van der Waals surface area contributed by atoms with Gasteiger partial charge in [-0.25, -0.2) is 9.37 Å². The minimum Gasteiger partial charge on any atom is -0.385 e. The molecule has 3 nitrogen and oxygen atoms in total. The summed E-state index contributed by atoms with van der Waals surface area (Å²) in [4.78, 5) is 4.00. The quantitative estimate of drug-likeness (QED) is 0.888. The molecule has 0 aliphatic rings. The fraction of sp³-hybridized carbons (Fsp3) is 0.267. The second kappa shape index (κ2) is 5.36. The van der Waals surface area contributed by atoms with Gasteiger partial charge in [-0.1, -0.05) is 25.1 Å². The van der Waals surface area contributed by atoms with Crippen molar-refractivity contribution in [2.24, 2.45) is 0 Å². The van der Waals surface area contributed by atoms with Crippen LogP contribution in [0.25, 0.3) is 0 Å². The van der Waals surface area contributed by atoms with Crippen molar-refractivity contribution in [1.29, 1.82) is 0 Å². The summed E-state index contributed by atoms with van der Waals surface area (Å²) in [5, 5.41) is 10.7. The molecule has 19 heavy (non-hydrogen) atoms. The third-order valence-electron chi connectivity index (χ3n) is 3.36. The number of pyridine rings is 1. The molecule has 2 aromatic rings. The average molecular weight is 260 g/mol. The van der Waals surface area contributed by atoms with Gasteiger partial charge in [0, 0.05) is 12.6 Å². The van der Waals surface area contributed by atoms with Gasteiger partial charge in [0.25, 0.3) is 0 Å². The van der Waals surface area contributed by atoms with Crippen molar-refractivity contribution < 1.29 is 9.50 Å². The highest BCUT2D eigenvalue weighted by Crippen LogP contribution is 2.30. The van der Waals surface area contributed by atoms with E-state index in [1.165, 1.54) is 12.1 Å². The smallest absolute Gasteiger partial charge is 0.126 e. The van der Waals surface area contributed by atoms with Crippen LogP contribution in [-0.4, -0.2) is 10.1 Å². The largest absolute Gasteiger partial charge is 0.385 e. The number of nitrogen functional groups attached to an aromatic ring is 1. The molecule has 0 amide bonds. The molecule has 0 radical (unpaired) electrons.